The van der Waals surface area contributed by atoms with Crippen LogP contribution in [0.25, 0.3) is 0 Å². The topological polar surface area (TPSA) is 93.5 Å². The molecule has 7 nitrogen and oxygen atoms in total. The van der Waals surface area contributed by atoms with Crippen LogP contribution in [0.1, 0.15) is 20.3 Å². The highest BCUT2D eigenvalue weighted by molar-refractivity contribution is 5.85. The van der Waals surface area contributed by atoms with Crippen molar-refractivity contribution in [3.63, 3.8) is 0 Å². The van der Waals surface area contributed by atoms with Crippen LogP contribution in [-0.2, 0) is 4.79 Å². The molecule has 2 N–H and O–H groups in total. The maximum Gasteiger partial charge on any atom is 0.310 e. The quantitative estimate of drug-likeness (QED) is 0.532. The lowest BCUT2D eigenvalue weighted by atomic mass is 10.3. The summed E-state index contributed by atoms with van der Waals surface area (Å²) in [6.45, 7) is 5.47. The summed E-state index contributed by atoms with van der Waals surface area (Å²) in [4.78, 5) is 21.9. The van der Waals surface area contributed by atoms with Crippen LogP contribution in [0, 0.1) is 10.1 Å². The van der Waals surface area contributed by atoms with Crippen molar-refractivity contribution in [3.8, 4) is 5.75 Å². The number of para-hydroxylation sites is 2. The van der Waals surface area contributed by atoms with Crippen molar-refractivity contribution in [2.75, 3.05) is 19.7 Å². The van der Waals surface area contributed by atoms with Crippen LogP contribution in [-0.4, -0.2) is 36.6 Å². The smallest absolute Gasteiger partial charge is 0.310 e. The van der Waals surface area contributed by atoms with E-state index in [1.165, 1.54) is 12.1 Å². The maximum atomic E-state index is 11.6. The number of amides is 1. The minimum atomic E-state index is -0.506. The Kier molecular flexibility index (Phi) is 9.89. The zero-order valence-corrected chi connectivity index (χ0v) is 13.5. The summed E-state index contributed by atoms with van der Waals surface area (Å²) in [6, 6.07) is 6.31. The van der Waals surface area contributed by atoms with Crippen molar-refractivity contribution in [2.24, 2.45) is 0 Å². The van der Waals surface area contributed by atoms with Crippen molar-refractivity contribution in [1.29, 1.82) is 0 Å². The molecule has 0 aliphatic carbocycles. The number of halogens is 1. The second-order valence-electron chi connectivity index (χ2n) is 4.59. The van der Waals surface area contributed by atoms with Gasteiger partial charge in [0.2, 0.25) is 5.91 Å². The molecule has 0 aliphatic heterocycles. The fourth-order valence-corrected chi connectivity index (χ4v) is 1.76. The fraction of sp³-hybridized carbons (Fsp3) is 0.500. The molecule has 22 heavy (non-hydrogen) atoms. The van der Waals surface area contributed by atoms with Gasteiger partial charge in [-0.1, -0.05) is 19.1 Å². The molecular weight excluding hydrogens is 310 g/mol. The second kappa shape index (κ2) is 10.8. The van der Waals surface area contributed by atoms with Gasteiger partial charge < -0.3 is 15.4 Å². The summed E-state index contributed by atoms with van der Waals surface area (Å²) in [5.74, 6) is 0.0367. The van der Waals surface area contributed by atoms with Crippen LogP contribution in [0.4, 0.5) is 5.69 Å². The molecule has 0 aliphatic rings. The highest BCUT2D eigenvalue weighted by Gasteiger charge is 2.14. The summed E-state index contributed by atoms with van der Waals surface area (Å²) < 4.78 is 5.31. The number of rotatable bonds is 9. The first-order valence-corrected chi connectivity index (χ1v) is 6.91. The first kappa shape index (κ1) is 20.1. The molecule has 1 atom stereocenters. The van der Waals surface area contributed by atoms with Gasteiger partial charge in [-0.2, -0.15) is 0 Å². The number of ether oxygens (including phenoxy) is 1. The molecule has 0 unspecified atom stereocenters. The number of hydrogen-bond acceptors (Lipinski definition) is 5. The van der Waals surface area contributed by atoms with E-state index in [0.29, 0.717) is 6.54 Å². The minimum absolute atomic E-state index is 0. The van der Waals surface area contributed by atoms with Crippen molar-refractivity contribution >= 4 is 24.0 Å². The monoisotopic (exact) mass is 331 g/mol. The molecule has 0 spiro atoms. The Morgan fingerprint density at radius 1 is 1.41 bits per heavy atom. The zero-order valence-electron chi connectivity index (χ0n) is 12.7. The normalized spacial score (nSPS) is 11.2. The van der Waals surface area contributed by atoms with Gasteiger partial charge in [0.15, 0.2) is 5.75 Å². The number of nitrogens with one attached hydrogen (secondary N) is 2. The molecule has 0 saturated carbocycles. The van der Waals surface area contributed by atoms with Crippen molar-refractivity contribution < 1.29 is 14.5 Å². The number of hydrogen-bond donors (Lipinski definition) is 2. The number of likely N-dealkylation sites (N-methyl/N-ethyl adjacent to an activating group) is 1. The SMILES string of the molecule is CCN[C@H](C)CNC(=O)CCOc1ccccc1[N+](=O)[O-].Cl. The minimum Gasteiger partial charge on any atom is -0.486 e. The molecule has 0 bridgehead atoms. The third-order valence-electron chi connectivity index (χ3n) is 2.81. The van der Waals surface area contributed by atoms with Crippen LogP contribution in [0.5, 0.6) is 5.75 Å². The molecule has 8 heteroatoms. The molecule has 1 rings (SSSR count). The highest BCUT2D eigenvalue weighted by Crippen LogP contribution is 2.25. The fourth-order valence-electron chi connectivity index (χ4n) is 1.76. The molecule has 0 aromatic heterocycles. The molecular formula is C14H22ClN3O4. The first-order valence-electron chi connectivity index (χ1n) is 6.91. The van der Waals surface area contributed by atoms with Crippen molar-refractivity contribution in [2.45, 2.75) is 26.3 Å². The Morgan fingerprint density at radius 3 is 2.73 bits per heavy atom. The van der Waals surface area contributed by atoms with E-state index in [2.05, 4.69) is 10.6 Å². The van der Waals surface area contributed by atoms with Gasteiger partial charge in [0, 0.05) is 18.7 Å². The molecule has 0 radical (unpaired) electrons. The lowest BCUT2D eigenvalue weighted by molar-refractivity contribution is -0.385. The average Bonchev–Trinajstić information content (AvgIpc) is 2.46. The van der Waals surface area contributed by atoms with Crippen LogP contribution in [0.2, 0.25) is 0 Å². The third kappa shape index (κ3) is 7.24. The number of nitro groups is 1. The van der Waals surface area contributed by atoms with E-state index >= 15 is 0 Å². The summed E-state index contributed by atoms with van der Waals surface area (Å²) >= 11 is 0. The maximum absolute atomic E-state index is 11.6. The molecule has 0 fully saturated rings. The third-order valence-corrected chi connectivity index (χ3v) is 2.81. The lowest BCUT2D eigenvalue weighted by Gasteiger charge is -2.13. The van der Waals surface area contributed by atoms with Gasteiger partial charge in [-0.05, 0) is 19.5 Å². The Morgan fingerprint density at radius 2 is 2.09 bits per heavy atom. The van der Waals surface area contributed by atoms with Crippen LogP contribution in [0.3, 0.4) is 0 Å². The van der Waals surface area contributed by atoms with E-state index in [-0.39, 0.29) is 48.8 Å². The lowest BCUT2D eigenvalue weighted by Crippen LogP contribution is -2.39. The van der Waals surface area contributed by atoms with Gasteiger partial charge in [0.25, 0.3) is 0 Å². The highest BCUT2D eigenvalue weighted by atomic mass is 35.5. The van der Waals surface area contributed by atoms with Gasteiger partial charge >= 0.3 is 5.69 Å². The van der Waals surface area contributed by atoms with Gasteiger partial charge in [-0.25, -0.2) is 0 Å². The van der Waals surface area contributed by atoms with E-state index in [4.69, 9.17) is 4.74 Å². The Bertz CT molecular complexity index is 485. The summed E-state index contributed by atoms with van der Waals surface area (Å²) in [5, 5.41) is 16.8. The number of benzene rings is 1. The van der Waals surface area contributed by atoms with Crippen LogP contribution >= 0.6 is 12.4 Å². The van der Waals surface area contributed by atoms with E-state index in [1.54, 1.807) is 12.1 Å². The van der Waals surface area contributed by atoms with E-state index in [0.717, 1.165) is 6.54 Å². The summed E-state index contributed by atoms with van der Waals surface area (Å²) in [6.07, 6.45) is 0.158. The summed E-state index contributed by atoms with van der Waals surface area (Å²) in [5.41, 5.74) is -0.0984. The Balaban J connectivity index is 0.00000441. The second-order valence-corrected chi connectivity index (χ2v) is 4.59. The van der Waals surface area contributed by atoms with E-state index in [1.807, 2.05) is 13.8 Å². The van der Waals surface area contributed by atoms with Gasteiger partial charge in [-0.3, -0.25) is 14.9 Å². The molecule has 1 amide bonds. The van der Waals surface area contributed by atoms with Gasteiger partial charge in [-0.15, -0.1) is 12.4 Å². The molecule has 0 saturated heterocycles. The Hall–Kier alpha value is -1.86. The Labute approximate surface area is 136 Å². The van der Waals surface area contributed by atoms with Crippen LogP contribution < -0.4 is 15.4 Å². The van der Waals surface area contributed by atoms with E-state index < -0.39 is 4.92 Å². The van der Waals surface area contributed by atoms with Gasteiger partial charge in [0.05, 0.1) is 18.0 Å². The standard InChI is InChI=1S/C14H21N3O4.ClH/c1-3-15-11(2)10-16-14(18)8-9-21-13-7-5-4-6-12(13)17(19)20;/h4-7,11,15H,3,8-10H2,1-2H3,(H,16,18);1H/t11-;/m1./s1. The van der Waals surface area contributed by atoms with E-state index in [9.17, 15) is 14.9 Å². The zero-order chi connectivity index (χ0) is 15.7. The molecule has 0 heterocycles. The van der Waals surface area contributed by atoms with Crippen molar-refractivity contribution in [1.82, 2.24) is 10.6 Å². The first-order chi connectivity index (χ1) is 10.0. The van der Waals surface area contributed by atoms with Crippen molar-refractivity contribution in [3.05, 3.63) is 34.4 Å². The number of nitrogens with zero attached hydrogens (tertiary/aromatic N) is 1. The predicted octanol–water partition coefficient (Wildman–Crippen LogP) is 1.90. The summed E-state index contributed by atoms with van der Waals surface area (Å²) in [7, 11) is 0. The molecule has 1 aromatic carbocycles. The van der Waals surface area contributed by atoms with Gasteiger partial charge in [0.1, 0.15) is 0 Å². The predicted molar refractivity (Wildman–Crippen MR) is 86.6 cm³/mol. The largest absolute Gasteiger partial charge is 0.486 e. The number of carbonyl (C=O) groups excluding carboxylic acids is 1. The number of nitro benzene ring substituents is 1. The molecule has 124 valence electrons. The number of carbonyl (C=O) groups is 1. The molecule has 1 aromatic rings. The average molecular weight is 332 g/mol. The van der Waals surface area contributed by atoms with Crippen LogP contribution in [0.15, 0.2) is 24.3 Å².